The molecule has 0 aliphatic carbocycles. The van der Waals surface area contributed by atoms with Crippen LogP contribution < -0.4 is 0 Å². The van der Waals surface area contributed by atoms with E-state index in [9.17, 15) is 0 Å². The highest BCUT2D eigenvalue weighted by atomic mass is 16.5. The van der Waals surface area contributed by atoms with Crippen LogP contribution in [-0.2, 0) is 4.74 Å². The normalized spacial score (nSPS) is 35.0. The van der Waals surface area contributed by atoms with Crippen LogP contribution >= 0.6 is 0 Å². The second-order valence-corrected chi connectivity index (χ2v) is 2.55. The summed E-state index contributed by atoms with van der Waals surface area (Å²) in [6.07, 6.45) is 0.953. The summed E-state index contributed by atoms with van der Waals surface area (Å²) in [5.41, 5.74) is 0. The van der Waals surface area contributed by atoms with Gasteiger partial charge in [0.15, 0.2) is 0 Å². The molecule has 4 heteroatoms. The van der Waals surface area contributed by atoms with Crippen LogP contribution in [0.5, 0.6) is 0 Å². The average molecular weight is 130 g/mol. The van der Waals surface area contributed by atoms with Crippen LogP contribution in [0.1, 0.15) is 13.3 Å². The highest BCUT2D eigenvalue weighted by molar-refractivity contribution is 6.43. The van der Waals surface area contributed by atoms with Crippen molar-refractivity contribution in [2.24, 2.45) is 0 Å². The molecule has 1 saturated heterocycles. The van der Waals surface area contributed by atoms with Crippen molar-refractivity contribution in [2.45, 2.75) is 25.3 Å². The van der Waals surface area contributed by atoms with Gasteiger partial charge in [-0.15, -0.1) is 0 Å². The quantitative estimate of drug-likeness (QED) is 0.476. The summed E-state index contributed by atoms with van der Waals surface area (Å²) in [5, 5.41) is 17.3. The van der Waals surface area contributed by atoms with Crippen molar-refractivity contribution in [3.8, 4) is 0 Å². The second kappa shape index (κ2) is 2.69. The molecular formula is C5H11BO3. The standard InChI is InChI=1S/C5H11BO3/c1-4-2-5(3-9-4)6(7)8/h4-5,7-8H,2-3H2,1H3. The summed E-state index contributed by atoms with van der Waals surface area (Å²) in [6.45, 7) is 2.42. The summed E-state index contributed by atoms with van der Waals surface area (Å²) in [6, 6.07) is 0. The van der Waals surface area contributed by atoms with Crippen molar-refractivity contribution in [1.82, 2.24) is 0 Å². The van der Waals surface area contributed by atoms with Gasteiger partial charge in [0, 0.05) is 12.4 Å². The molecule has 1 rings (SSSR count). The van der Waals surface area contributed by atoms with Gasteiger partial charge in [0.1, 0.15) is 0 Å². The van der Waals surface area contributed by atoms with E-state index in [1.807, 2.05) is 6.92 Å². The van der Waals surface area contributed by atoms with Gasteiger partial charge in [-0.05, 0) is 13.3 Å². The molecule has 1 heterocycles. The van der Waals surface area contributed by atoms with Gasteiger partial charge in [0.25, 0.3) is 0 Å². The smallest absolute Gasteiger partial charge is 0.427 e. The molecule has 0 bridgehead atoms. The Balaban J connectivity index is 2.30. The Morgan fingerprint density at radius 3 is 2.44 bits per heavy atom. The number of rotatable bonds is 1. The van der Waals surface area contributed by atoms with E-state index < -0.39 is 7.12 Å². The molecule has 1 aliphatic rings. The van der Waals surface area contributed by atoms with Gasteiger partial charge < -0.3 is 14.8 Å². The molecule has 3 nitrogen and oxygen atoms in total. The van der Waals surface area contributed by atoms with E-state index in [1.165, 1.54) is 0 Å². The molecular weight excluding hydrogens is 119 g/mol. The van der Waals surface area contributed by atoms with E-state index in [0.717, 1.165) is 6.42 Å². The Morgan fingerprint density at radius 1 is 1.56 bits per heavy atom. The summed E-state index contributed by atoms with van der Waals surface area (Å²) >= 11 is 0. The molecule has 9 heavy (non-hydrogen) atoms. The first-order valence-electron chi connectivity index (χ1n) is 3.18. The SMILES string of the molecule is CC1CC(B(O)O)CO1. The zero-order valence-electron chi connectivity index (χ0n) is 5.45. The highest BCUT2D eigenvalue weighted by Crippen LogP contribution is 2.24. The van der Waals surface area contributed by atoms with Crippen LogP contribution in [0.3, 0.4) is 0 Å². The van der Waals surface area contributed by atoms with Gasteiger partial charge in [-0.25, -0.2) is 0 Å². The van der Waals surface area contributed by atoms with Crippen molar-refractivity contribution in [3.63, 3.8) is 0 Å². The predicted molar refractivity (Wildman–Crippen MR) is 34.0 cm³/mol. The number of hydrogen-bond donors (Lipinski definition) is 2. The second-order valence-electron chi connectivity index (χ2n) is 2.55. The lowest BCUT2D eigenvalue weighted by Gasteiger charge is -2.02. The molecule has 1 fully saturated rings. The van der Waals surface area contributed by atoms with Gasteiger partial charge >= 0.3 is 7.12 Å². The van der Waals surface area contributed by atoms with E-state index in [0.29, 0.717) is 6.61 Å². The van der Waals surface area contributed by atoms with E-state index in [1.54, 1.807) is 0 Å². The minimum atomic E-state index is -1.20. The maximum absolute atomic E-state index is 8.65. The van der Waals surface area contributed by atoms with E-state index >= 15 is 0 Å². The monoisotopic (exact) mass is 130 g/mol. The predicted octanol–water partition coefficient (Wildman–Crippen LogP) is -0.362. The van der Waals surface area contributed by atoms with Crippen LogP contribution in [0.4, 0.5) is 0 Å². The zero-order valence-corrected chi connectivity index (χ0v) is 5.45. The summed E-state index contributed by atoms with van der Waals surface area (Å²) in [4.78, 5) is 0. The maximum Gasteiger partial charge on any atom is 0.457 e. The maximum atomic E-state index is 8.65. The highest BCUT2D eigenvalue weighted by Gasteiger charge is 2.31. The van der Waals surface area contributed by atoms with Crippen LogP contribution in [0.25, 0.3) is 0 Å². The third-order valence-electron chi connectivity index (χ3n) is 1.65. The molecule has 0 saturated carbocycles. The van der Waals surface area contributed by atoms with Crippen molar-refractivity contribution in [2.75, 3.05) is 6.61 Å². The molecule has 2 atom stereocenters. The summed E-state index contributed by atoms with van der Waals surface area (Å²) < 4.78 is 5.11. The van der Waals surface area contributed by atoms with Crippen LogP contribution in [0, 0.1) is 0 Å². The summed E-state index contributed by atoms with van der Waals surface area (Å²) in [5.74, 6) is -0.0694. The molecule has 2 N–H and O–H groups in total. The van der Waals surface area contributed by atoms with Crippen molar-refractivity contribution in [3.05, 3.63) is 0 Å². The largest absolute Gasteiger partial charge is 0.457 e. The zero-order chi connectivity index (χ0) is 6.85. The average Bonchev–Trinajstić information content (AvgIpc) is 2.14. The Morgan fingerprint density at radius 2 is 2.22 bits per heavy atom. The van der Waals surface area contributed by atoms with Gasteiger partial charge in [0.2, 0.25) is 0 Å². The number of ether oxygens (including phenoxy) is 1. The van der Waals surface area contributed by atoms with Gasteiger partial charge in [-0.1, -0.05) is 0 Å². The van der Waals surface area contributed by atoms with Gasteiger partial charge in [-0.2, -0.15) is 0 Å². The molecule has 0 aromatic carbocycles. The third-order valence-corrected chi connectivity index (χ3v) is 1.65. The molecule has 0 amide bonds. The first-order valence-corrected chi connectivity index (χ1v) is 3.18. The van der Waals surface area contributed by atoms with Crippen LogP contribution in [-0.4, -0.2) is 29.9 Å². The van der Waals surface area contributed by atoms with Gasteiger partial charge in [-0.3, -0.25) is 0 Å². The van der Waals surface area contributed by atoms with Crippen LogP contribution in [0.2, 0.25) is 5.82 Å². The van der Waals surface area contributed by atoms with Crippen molar-refractivity contribution < 1.29 is 14.8 Å². The lowest BCUT2D eigenvalue weighted by atomic mass is 9.72. The molecule has 52 valence electrons. The Hall–Kier alpha value is -0.0551. The molecule has 0 spiro atoms. The molecule has 1 aliphatic heterocycles. The van der Waals surface area contributed by atoms with E-state index in [4.69, 9.17) is 14.8 Å². The molecule has 0 aromatic heterocycles. The van der Waals surface area contributed by atoms with E-state index in [-0.39, 0.29) is 11.9 Å². The third kappa shape index (κ3) is 1.68. The van der Waals surface area contributed by atoms with Crippen molar-refractivity contribution >= 4 is 7.12 Å². The van der Waals surface area contributed by atoms with Crippen molar-refractivity contribution in [1.29, 1.82) is 0 Å². The Kier molecular flexibility index (Phi) is 2.11. The molecule has 0 aromatic rings. The molecule has 2 unspecified atom stereocenters. The fraction of sp³-hybridized carbons (Fsp3) is 1.00. The fourth-order valence-corrected chi connectivity index (χ4v) is 1.06. The topological polar surface area (TPSA) is 49.7 Å². The fourth-order valence-electron chi connectivity index (χ4n) is 1.06. The lowest BCUT2D eigenvalue weighted by molar-refractivity contribution is 0.124. The Labute approximate surface area is 54.8 Å². The van der Waals surface area contributed by atoms with Gasteiger partial charge in [0.05, 0.1) is 6.10 Å². The first-order chi connectivity index (χ1) is 4.20. The lowest BCUT2D eigenvalue weighted by Crippen LogP contribution is -2.20. The minimum Gasteiger partial charge on any atom is -0.427 e. The number of hydrogen-bond acceptors (Lipinski definition) is 3. The first kappa shape index (κ1) is 7.06. The van der Waals surface area contributed by atoms with Crippen LogP contribution in [0.15, 0.2) is 0 Å². The summed E-state index contributed by atoms with van der Waals surface area (Å²) in [7, 11) is -1.20. The molecule has 0 radical (unpaired) electrons. The van der Waals surface area contributed by atoms with E-state index in [2.05, 4.69) is 0 Å². The Bertz CT molecular complexity index is 96.2. The minimum absolute atomic E-state index is 0.0694.